The third-order valence-electron chi connectivity index (χ3n) is 4.53. The third-order valence-corrected chi connectivity index (χ3v) is 5.76. The van der Waals surface area contributed by atoms with Gasteiger partial charge in [-0.3, -0.25) is 0 Å². The SMILES string of the molecule is FC(F)(F)C(F)(F)C(F)(F)C(F)(F)C(F)(F)C(F)(F)C(F)(F)c1nnc(C(F)(F)C(F)(F)C(F)(F)S(F)(F)(F)(F)F)o1. The molecule has 0 saturated heterocycles. The maximum Gasteiger partial charge on any atom is 0.460 e. The second-order valence-corrected chi connectivity index (χ2v) is 9.94. The van der Waals surface area contributed by atoms with Gasteiger partial charge in [0, 0.05) is 0 Å². The molecule has 3 nitrogen and oxygen atoms in total. The van der Waals surface area contributed by atoms with E-state index in [0.29, 0.717) is 0 Å². The van der Waals surface area contributed by atoms with Crippen LogP contribution in [0.2, 0.25) is 0 Å². The van der Waals surface area contributed by atoms with E-state index in [1.807, 2.05) is 0 Å². The van der Waals surface area contributed by atoms with E-state index in [2.05, 4.69) is 4.42 Å². The van der Waals surface area contributed by atoms with Crippen LogP contribution in [0.3, 0.4) is 0 Å². The van der Waals surface area contributed by atoms with Gasteiger partial charge < -0.3 is 4.42 Å². The van der Waals surface area contributed by atoms with Crippen molar-refractivity contribution in [2.24, 2.45) is 0 Å². The lowest BCUT2D eigenvalue weighted by Crippen LogP contribution is -2.72. The van der Waals surface area contributed by atoms with Gasteiger partial charge in [-0.1, -0.05) is 19.4 Å². The number of hydrogen-bond donors (Lipinski definition) is 0. The minimum absolute atomic E-state index is 0.998. The molecule has 0 bridgehead atoms. The first-order chi connectivity index (χ1) is 17.5. The highest BCUT2D eigenvalue weighted by molar-refractivity contribution is 8.46. The summed E-state index contributed by atoms with van der Waals surface area (Å²) in [6, 6.07) is 0. The van der Waals surface area contributed by atoms with Crippen LogP contribution in [0, 0.1) is 0 Å². The van der Waals surface area contributed by atoms with Crippen LogP contribution in [0.15, 0.2) is 4.42 Å². The molecule has 0 fully saturated rings. The van der Waals surface area contributed by atoms with Gasteiger partial charge in [-0.25, -0.2) is 0 Å². The molecule has 1 rings (SSSR count). The molecule has 0 aliphatic carbocycles. The van der Waals surface area contributed by atoms with Crippen LogP contribution in [0.25, 0.3) is 0 Å². The summed E-state index contributed by atoms with van der Waals surface area (Å²) in [6.45, 7) is 0. The van der Waals surface area contributed by atoms with Gasteiger partial charge in [-0.05, 0) is 0 Å². The van der Waals surface area contributed by atoms with Crippen molar-refractivity contribution in [2.45, 2.75) is 58.8 Å². The second-order valence-electron chi connectivity index (χ2n) is 7.49. The molecule has 0 radical (unpaired) electrons. The van der Waals surface area contributed by atoms with Gasteiger partial charge in [-0.15, -0.1) is 10.2 Å². The Morgan fingerprint density at radius 1 is 0.381 bits per heavy atom. The lowest BCUT2D eigenvalue weighted by molar-refractivity contribution is -0.454. The summed E-state index contributed by atoms with van der Waals surface area (Å²) >= 11 is 0. The maximum atomic E-state index is 13.8. The number of alkyl halides is 21. The smallest absolute Gasteiger partial charge is 0.413 e. The van der Waals surface area contributed by atoms with Crippen molar-refractivity contribution in [3.63, 3.8) is 0 Å². The zero-order valence-electron chi connectivity index (χ0n) is 17.5. The fourth-order valence-corrected chi connectivity index (χ4v) is 2.75. The molecule has 0 aromatic carbocycles. The predicted molar refractivity (Wildman–Crippen MR) is 75.9 cm³/mol. The van der Waals surface area contributed by atoms with Crippen LogP contribution in [0.5, 0.6) is 0 Å². The molecule has 0 saturated carbocycles. The molecule has 42 heavy (non-hydrogen) atoms. The summed E-state index contributed by atoms with van der Waals surface area (Å²) in [5, 5.41) is -7.21. The van der Waals surface area contributed by atoms with Gasteiger partial charge >= 0.3 is 69.0 Å². The lowest BCUT2D eigenvalue weighted by Gasteiger charge is -2.48. The molecule has 1 aromatic heterocycles. The molecule has 252 valence electrons. The van der Waals surface area contributed by atoms with Crippen molar-refractivity contribution in [3.8, 4) is 0 Å². The monoisotopic (exact) mass is 714 g/mol. The summed E-state index contributed by atoms with van der Waals surface area (Å²) < 4.78 is 339. The Hall–Kier alpha value is -2.33. The molecular weight excluding hydrogens is 714 g/mol. The quantitative estimate of drug-likeness (QED) is 0.227. The van der Waals surface area contributed by atoms with E-state index in [9.17, 15) is 112 Å². The fraction of sp³-hybridized carbons (Fsp3) is 0.833. The average molecular weight is 714 g/mol. The molecule has 0 aliphatic heterocycles. The predicted octanol–water partition coefficient (Wildman–Crippen LogP) is 9.52. The molecule has 0 amide bonds. The Labute approximate surface area is 208 Å². The molecule has 0 N–H and O–H groups in total. The Morgan fingerprint density at radius 3 is 0.929 bits per heavy atom. The van der Waals surface area contributed by atoms with Crippen molar-refractivity contribution in [1.82, 2.24) is 10.2 Å². The molecular formula is C12F26N2OS. The van der Waals surface area contributed by atoms with Crippen LogP contribution in [0.1, 0.15) is 11.8 Å². The van der Waals surface area contributed by atoms with E-state index in [1.165, 1.54) is 0 Å². The third kappa shape index (κ3) is 4.54. The van der Waals surface area contributed by atoms with Crippen molar-refractivity contribution in [1.29, 1.82) is 0 Å². The van der Waals surface area contributed by atoms with Crippen LogP contribution in [-0.2, 0) is 11.8 Å². The molecule has 0 atom stereocenters. The van der Waals surface area contributed by atoms with Gasteiger partial charge in [0.2, 0.25) is 0 Å². The molecule has 0 aliphatic rings. The number of aromatic nitrogens is 2. The van der Waals surface area contributed by atoms with Crippen LogP contribution >= 0.6 is 10.2 Å². The first-order valence-electron chi connectivity index (χ1n) is 8.50. The first-order valence-corrected chi connectivity index (χ1v) is 10.5. The Balaban J connectivity index is 3.81. The maximum absolute atomic E-state index is 13.8. The van der Waals surface area contributed by atoms with Crippen LogP contribution < -0.4 is 0 Å². The standard InChI is InChI=1S/C12F26N2OS/c13-3(14,5(17,18)7(21,22)8(23,24)9(25,26)10(27,28)11(29,30)31)1-39-40-2(41-1)4(15,16)6(19,20)12(32,33)42(34,35,36,37)38. The van der Waals surface area contributed by atoms with E-state index < -0.39 is 80.8 Å². The zero-order valence-corrected chi connectivity index (χ0v) is 18.4. The summed E-state index contributed by atoms with van der Waals surface area (Å²) in [5.41, 5.74) is 0. The minimum Gasteiger partial charge on any atom is -0.413 e. The topological polar surface area (TPSA) is 38.9 Å². The summed E-state index contributed by atoms with van der Waals surface area (Å²) in [5.74, 6) is -77.0. The summed E-state index contributed by atoms with van der Waals surface area (Å²) in [7, 11) is -13.2. The highest BCUT2D eigenvalue weighted by Gasteiger charge is 2.97. The molecule has 30 heteroatoms. The van der Waals surface area contributed by atoms with Crippen LogP contribution in [0.4, 0.5) is 112 Å². The number of hydrogen-bond acceptors (Lipinski definition) is 3. The van der Waals surface area contributed by atoms with E-state index in [-0.39, 0.29) is 0 Å². The molecule has 0 spiro atoms. The number of nitrogens with zero attached hydrogens (tertiary/aromatic N) is 2. The molecule has 1 heterocycles. The Bertz CT molecular complexity index is 1190. The Kier molecular flexibility index (Phi) is 7.38. The van der Waals surface area contributed by atoms with Crippen molar-refractivity contribution in [2.75, 3.05) is 0 Å². The lowest BCUT2D eigenvalue weighted by atomic mass is 9.91. The first kappa shape index (κ1) is 37.7. The number of halogens is 26. The summed E-state index contributed by atoms with van der Waals surface area (Å²) in [6.07, 6.45) is -8.02. The van der Waals surface area contributed by atoms with E-state index in [0.717, 1.165) is 10.2 Å². The Morgan fingerprint density at radius 2 is 0.643 bits per heavy atom. The van der Waals surface area contributed by atoms with Gasteiger partial charge in [0.1, 0.15) is 0 Å². The summed E-state index contributed by atoms with van der Waals surface area (Å²) in [4.78, 5) is 0. The highest BCUT2D eigenvalue weighted by Crippen LogP contribution is 3.06. The van der Waals surface area contributed by atoms with Crippen molar-refractivity contribution in [3.05, 3.63) is 11.8 Å². The van der Waals surface area contributed by atoms with E-state index >= 15 is 0 Å². The number of rotatable bonds is 10. The fourth-order valence-electron chi connectivity index (χ4n) is 2.14. The van der Waals surface area contributed by atoms with Crippen molar-refractivity contribution < 1.29 is 116 Å². The minimum atomic E-state index is -13.2. The van der Waals surface area contributed by atoms with Gasteiger partial charge in [0.05, 0.1) is 0 Å². The van der Waals surface area contributed by atoms with Crippen molar-refractivity contribution >= 4 is 10.2 Å². The van der Waals surface area contributed by atoms with Gasteiger partial charge in [0.25, 0.3) is 11.8 Å². The molecule has 1 aromatic rings. The zero-order chi connectivity index (χ0) is 34.7. The highest BCUT2D eigenvalue weighted by atomic mass is 32.5. The van der Waals surface area contributed by atoms with Crippen LogP contribution in [-0.4, -0.2) is 57.2 Å². The van der Waals surface area contributed by atoms with Gasteiger partial charge in [0.15, 0.2) is 0 Å². The normalized spacial score (nSPS) is 18.1. The van der Waals surface area contributed by atoms with E-state index in [4.69, 9.17) is 0 Å². The largest absolute Gasteiger partial charge is 0.460 e. The average Bonchev–Trinajstić information content (AvgIpc) is 3.21. The van der Waals surface area contributed by atoms with E-state index in [1.54, 1.807) is 0 Å². The molecule has 0 unspecified atom stereocenters. The second kappa shape index (κ2) is 8.23. The van der Waals surface area contributed by atoms with Gasteiger partial charge in [-0.2, -0.15) is 92.2 Å².